The van der Waals surface area contributed by atoms with E-state index in [1.165, 1.54) is 0 Å². The molecule has 5 nitrogen and oxygen atoms in total. The van der Waals surface area contributed by atoms with Gasteiger partial charge in [0, 0.05) is 19.1 Å². The van der Waals surface area contributed by atoms with Crippen LogP contribution in [0, 0.1) is 0 Å². The highest BCUT2D eigenvalue weighted by Crippen LogP contribution is 1.79. The van der Waals surface area contributed by atoms with E-state index in [4.69, 9.17) is 0 Å². The molecule has 0 spiro atoms. The lowest BCUT2D eigenvalue weighted by molar-refractivity contribution is -0.119. The molecule has 0 aromatic heterocycles. The van der Waals surface area contributed by atoms with Gasteiger partial charge in [-0.15, -0.1) is 24.0 Å². The smallest absolute Gasteiger partial charge is 0.241 e. The SMILES string of the molecule is CCNC(=O)CN=C(NCC)NC(C)C.I. The summed E-state index contributed by atoms with van der Waals surface area (Å²) in [6.07, 6.45) is 0. The Morgan fingerprint density at radius 2 is 1.75 bits per heavy atom. The summed E-state index contributed by atoms with van der Waals surface area (Å²) in [5.41, 5.74) is 0. The summed E-state index contributed by atoms with van der Waals surface area (Å²) in [6.45, 7) is 9.52. The first-order valence-corrected chi connectivity index (χ1v) is 5.41. The van der Waals surface area contributed by atoms with Gasteiger partial charge in [0.1, 0.15) is 6.54 Å². The molecule has 0 aliphatic heterocycles. The van der Waals surface area contributed by atoms with Crippen molar-refractivity contribution in [3.05, 3.63) is 0 Å². The van der Waals surface area contributed by atoms with Crippen molar-refractivity contribution in [3.63, 3.8) is 0 Å². The van der Waals surface area contributed by atoms with Gasteiger partial charge in [0.25, 0.3) is 0 Å². The van der Waals surface area contributed by atoms with Crippen molar-refractivity contribution in [1.29, 1.82) is 0 Å². The van der Waals surface area contributed by atoms with Gasteiger partial charge >= 0.3 is 0 Å². The number of nitrogens with zero attached hydrogens (tertiary/aromatic N) is 1. The fourth-order valence-electron chi connectivity index (χ4n) is 0.997. The van der Waals surface area contributed by atoms with E-state index in [1.54, 1.807) is 0 Å². The number of likely N-dealkylation sites (N-methyl/N-ethyl adjacent to an activating group) is 1. The molecule has 0 rings (SSSR count). The maximum atomic E-state index is 11.2. The Kier molecular flexibility index (Phi) is 12.2. The number of rotatable bonds is 5. The Bertz CT molecular complexity index is 219. The predicted octanol–water partition coefficient (Wildman–Crippen LogP) is 0.704. The fraction of sp³-hybridized carbons (Fsp3) is 0.800. The zero-order valence-electron chi connectivity index (χ0n) is 10.5. The van der Waals surface area contributed by atoms with Crippen molar-refractivity contribution in [2.24, 2.45) is 4.99 Å². The van der Waals surface area contributed by atoms with Crippen molar-refractivity contribution in [3.8, 4) is 0 Å². The molecule has 0 bridgehead atoms. The van der Waals surface area contributed by atoms with Crippen molar-refractivity contribution in [1.82, 2.24) is 16.0 Å². The molecule has 1 amide bonds. The largest absolute Gasteiger partial charge is 0.357 e. The second-order valence-electron chi connectivity index (χ2n) is 3.45. The van der Waals surface area contributed by atoms with Crippen molar-refractivity contribution >= 4 is 35.8 Å². The number of aliphatic imine (C=N–C) groups is 1. The van der Waals surface area contributed by atoms with Crippen LogP contribution in [0.3, 0.4) is 0 Å². The van der Waals surface area contributed by atoms with E-state index in [-0.39, 0.29) is 36.4 Å². The number of halogens is 1. The number of carbonyl (C=O) groups is 1. The third-order valence-electron chi connectivity index (χ3n) is 1.52. The number of hydrogen-bond acceptors (Lipinski definition) is 2. The fourth-order valence-corrected chi connectivity index (χ4v) is 0.997. The molecule has 3 N–H and O–H groups in total. The molecule has 0 heterocycles. The van der Waals surface area contributed by atoms with E-state index in [0.29, 0.717) is 18.5 Å². The predicted molar refractivity (Wildman–Crippen MR) is 78.3 cm³/mol. The van der Waals surface area contributed by atoms with Crippen LogP contribution >= 0.6 is 24.0 Å². The lowest BCUT2D eigenvalue weighted by Gasteiger charge is -2.13. The van der Waals surface area contributed by atoms with Crippen LogP contribution < -0.4 is 16.0 Å². The molecule has 0 radical (unpaired) electrons. The van der Waals surface area contributed by atoms with Gasteiger partial charge in [-0.1, -0.05) is 0 Å². The molecule has 0 aromatic carbocycles. The van der Waals surface area contributed by atoms with Gasteiger partial charge in [0.15, 0.2) is 5.96 Å². The van der Waals surface area contributed by atoms with Gasteiger partial charge in [0.2, 0.25) is 5.91 Å². The lowest BCUT2D eigenvalue weighted by atomic mass is 10.4. The summed E-state index contributed by atoms with van der Waals surface area (Å²) in [5.74, 6) is 0.622. The topological polar surface area (TPSA) is 65.5 Å². The van der Waals surface area contributed by atoms with Crippen molar-refractivity contribution in [2.75, 3.05) is 19.6 Å². The van der Waals surface area contributed by atoms with Gasteiger partial charge in [0.05, 0.1) is 0 Å². The van der Waals surface area contributed by atoms with E-state index in [2.05, 4.69) is 20.9 Å². The number of nitrogens with one attached hydrogen (secondary N) is 3. The standard InChI is InChI=1S/C10H22N4O.HI/c1-5-11-9(15)7-13-10(12-6-2)14-8(3)4;/h8H,5-7H2,1-4H3,(H,11,15)(H2,12,13,14);1H. The van der Waals surface area contributed by atoms with Crippen LogP contribution in [-0.4, -0.2) is 37.5 Å². The van der Waals surface area contributed by atoms with Gasteiger partial charge in [-0.25, -0.2) is 4.99 Å². The Morgan fingerprint density at radius 3 is 2.19 bits per heavy atom. The molecule has 16 heavy (non-hydrogen) atoms. The number of carbonyl (C=O) groups excluding carboxylic acids is 1. The molecule has 6 heteroatoms. The minimum Gasteiger partial charge on any atom is -0.357 e. The van der Waals surface area contributed by atoms with E-state index in [9.17, 15) is 4.79 Å². The summed E-state index contributed by atoms with van der Waals surface area (Å²) >= 11 is 0. The average molecular weight is 342 g/mol. The lowest BCUT2D eigenvalue weighted by Crippen LogP contribution is -2.41. The highest BCUT2D eigenvalue weighted by atomic mass is 127. The van der Waals surface area contributed by atoms with Crippen LogP contribution in [0.1, 0.15) is 27.7 Å². The van der Waals surface area contributed by atoms with Gasteiger partial charge in [-0.2, -0.15) is 0 Å². The zero-order chi connectivity index (χ0) is 11.7. The van der Waals surface area contributed by atoms with Crippen LogP contribution in [0.2, 0.25) is 0 Å². The zero-order valence-corrected chi connectivity index (χ0v) is 12.8. The first-order valence-electron chi connectivity index (χ1n) is 5.41. The van der Waals surface area contributed by atoms with E-state index >= 15 is 0 Å². The minimum absolute atomic E-state index is 0. The van der Waals surface area contributed by atoms with Gasteiger partial charge in [-0.3, -0.25) is 4.79 Å². The minimum atomic E-state index is -0.0570. The number of hydrogen-bond donors (Lipinski definition) is 3. The summed E-state index contributed by atoms with van der Waals surface area (Å²) in [7, 11) is 0. The third kappa shape index (κ3) is 10.0. The van der Waals surface area contributed by atoms with Crippen molar-refractivity contribution in [2.45, 2.75) is 33.7 Å². The Morgan fingerprint density at radius 1 is 1.19 bits per heavy atom. The van der Waals surface area contributed by atoms with Crippen molar-refractivity contribution < 1.29 is 4.79 Å². The van der Waals surface area contributed by atoms with Crippen LogP contribution in [0.15, 0.2) is 4.99 Å². The maximum absolute atomic E-state index is 11.2. The summed E-state index contributed by atoms with van der Waals surface area (Å²) in [5, 5.41) is 8.90. The summed E-state index contributed by atoms with van der Waals surface area (Å²) < 4.78 is 0. The van der Waals surface area contributed by atoms with Crippen LogP contribution in [0.25, 0.3) is 0 Å². The van der Waals surface area contributed by atoms with E-state index in [1.807, 2.05) is 27.7 Å². The molecule has 0 fully saturated rings. The molecule has 0 unspecified atom stereocenters. The van der Waals surface area contributed by atoms with Crippen LogP contribution in [-0.2, 0) is 4.79 Å². The molecular formula is C10H23IN4O. The Hall–Kier alpha value is -0.530. The van der Waals surface area contributed by atoms with Crippen LogP contribution in [0.5, 0.6) is 0 Å². The Balaban J connectivity index is 0. The quantitative estimate of drug-likeness (QED) is 0.392. The highest BCUT2D eigenvalue weighted by molar-refractivity contribution is 14.0. The molecule has 0 aliphatic carbocycles. The second kappa shape index (κ2) is 11.0. The Labute approximate surface area is 115 Å². The molecule has 96 valence electrons. The van der Waals surface area contributed by atoms with E-state index < -0.39 is 0 Å². The molecular weight excluding hydrogens is 319 g/mol. The summed E-state index contributed by atoms with van der Waals surface area (Å²) in [4.78, 5) is 15.3. The summed E-state index contributed by atoms with van der Waals surface area (Å²) in [6, 6.07) is 0.303. The highest BCUT2D eigenvalue weighted by Gasteiger charge is 2.01. The van der Waals surface area contributed by atoms with Gasteiger partial charge in [-0.05, 0) is 27.7 Å². The maximum Gasteiger partial charge on any atom is 0.241 e. The number of amides is 1. The first-order chi connectivity index (χ1) is 7.10. The molecule has 0 saturated heterocycles. The third-order valence-corrected chi connectivity index (χ3v) is 1.52. The van der Waals surface area contributed by atoms with Gasteiger partial charge < -0.3 is 16.0 Å². The monoisotopic (exact) mass is 342 g/mol. The van der Waals surface area contributed by atoms with Crippen LogP contribution in [0.4, 0.5) is 0 Å². The molecule has 0 aromatic rings. The normalized spacial score (nSPS) is 10.7. The molecule has 0 atom stereocenters. The first kappa shape index (κ1) is 17.9. The average Bonchev–Trinajstić information content (AvgIpc) is 2.14. The van der Waals surface area contributed by atoms with E-state index in [0.717, 1.165) is 6.54 Å². The molecule has 0 aliphatic rings. The second-order valence-corrected chi connectivity index (χ2v) is 3.45. The molecule has 0 saturated carbocycles. The number of guanidine groups is 1.